The molecular weight excluding hydrogens is 332 g/mol. The zero-order valence-electron chi connectivity index (χ0n) is 14.5. The summed E-state index contributed by atoms with van der Waals surface area (Å²) in [6.07, 6.45) is 0.521. The van der Waals surface area contributed by atoms with Crippen LogP contribution in [0.3, 0.4) is 0 Å². The van der Waals surface area contributed by atoms with Crippen molar-refractivity contribution in [2.24, 2.45) is 0 Å². The molecule has 1 aliphatic heterocycles. The minimum Gasteiger partial charge on any atom is -0.507 e. The zero-order chi connectivity index (χ0) is 18.4. The molecule has 26 heavy (non-hydrogen) atoms. The first-order valence-corrected chi connectivity index (χ1v) is 8.63. The summed E-state index contributed by atoms with van der Waals surface area (Å²) in [4.78, 5) is 14.5. The van der Waals surface area contributed by atoms with E-state index in [9.17, 15) is 15.0 Å². The summed E-state index contributed by atoms with van der Waals surface area (Å²) >= 11 is 0. The van der Waals surface area contributed by atoms with E-state index < -0.39 is 0 Å². The third-order valence-electron chi connectivity index (χ3n) is 4.92. The lowest BCUT2D eigenvalue weighted by Crippen LogP contribution is -2.51. The fraction of sp³-hybridized carbons (Fsp3) is 0.250. The van der Waals surface area contributed by atoms with Crippen LogP contribution in [0.5, 0.6) is 11.5 Å². The molecule has 0 radical (unpaired) electrons. The first kappa shape index (κ1) is 16.5. The number of benzene rings is 2. The monoisotopic (exact) mass is 353 g/mol. The van der Waals surface area contributed by atoms with Gasteiger partial charge in [0.15, 0.2) is 5.76 Å². The largest absolute Gasteiger partial charge is 0.507 e. The lowest BCUT2D eigenvalue weighted by Gasteiger charge is -2.29. The van der Waals surface area contributed by atoms with Crippen LogP contribution in [0.25, 0.3) is 11.0 Å². The summed E-state index contributed by atoms with van der Waals surface area (Å²) in [6, 6.07) is 10.6. The Balaban J connectivity index is 1.65. The quantitative estimate of drug-likeness (QED) is 0.658. The fourth-order valence-electron chi connectivity index (χ4n) is 3.62. The maximum Gasteiger partial charge on any atom is 0.289 e. The minimum absolute atomic E-state index is 0.0155. The van der Waals surface area contributed by atoms with E-state index in [0.29, 0.717) is 36.4 Å². The molecule has 0 bridgehead atoms. The minimum atomic E-state index is -0.226. The zero-order valence-corrected chi connectivity index (χ0v) is 14.5. The molecule has 1 aromatic heterocycles. The van der Waals surface area contributed by atoms with Gasteiger partial charge in [0.25, 0.3) is 5.91 Å². The Bertz CT molecular complexity index is 973. The highest BCUT2D eigenvalue weighted by molar-refractivity contribution is 5.96. The van der Waals surface area contributed by atoms with E-state index in [1.165, 1.54) is 0 Å². The SMILES string of the molecule is CC([NH3+])c1c(O)cc2c(c1O)CCN(C(=O)c1cc3ccccc3o1)C2. The summed E-state index contributed by atoms with van der Waals surface area (Å²) in [7, 11) is 0. The number of amides is 1. The highest BCUT2D eigenvalue weighted by Crippen LogP contribution is 2.39. The number of quaternary nitrogens is 1. The van der Waals surface area contributed by atoms with Crippen LogP contribution in [-0.4, -0.2) is 27.6 Å². The molecule has 0 spiro atoms. The summed E-state index contributed by atoms with van der Waals surface area (Å²) in [5, 5.41) is 21.6. The first-order chi connectivity index (χ1) is 12.5. The van der Waals surface area contributed by atoms with Crippen LogP contribution in [0.1, 0.15) is 40.2 Å². The molecule has 1 aliphatic rings. The molecule has 0 fully saturated rings. The predicted octanol–water partition coefficient (Wildman–Crippen LogP) is 2.35. The third-order valence-corrected chi connectivity index (χ3v) is 4.92. The van der Waals surface area contributed by atoms with Gasteiger partial charge in [0.1, 0.15) is 23.1 Å². The van der Waals surface area contributed by atoms with Crippen LogP contribution in [0.4, 0.5) is 0 Å². The van der Waals surface area contributed by atoms with Crippen LogP contribution in [-0.2, 0) is 13.0 Å². The van der Waals surface area contributed by atoms with Crippen molar-refractivity contribution in [1.29, 1.82) is 0 Å². The average molecular weight is 353 g/mol. The Morgan fingerprint density at radius 2 is 2.04 bits per heavy atom. The topological polar surface area (TPSA) is 102 Å². The normalized spacial score (nSPS) is 15.1. The lowest BCUT2D eigenvalue weighted by atomic mass is 9.92. The summed E-state index contributed by atoms with van der Waals surface area (Å²) in [6.45, 7) is 2.62. The highest BCUT2D eigenvalue weighted by Gasteiger charge is 2.29. The molecule has 1 unspecified atom stereocenters. The lowest BCUT2D eigenvalue weighted by molar-refractivity contribution is -0.420. The van der Waals surface area contributed by atoms with Crippen molar-refractivity contribution < 1.29 is 25.2 Å². The van der Waals surface area contributed by atoms with E-state index in [1.54, 1.807) is 17.0 Å². The molecule has 134 valence electrons. The molecule has 5 N–H and O–H groups in total. The number of furan rings is 1. The second kappa shape index (κ2) is 6.07. The number of carbonyl (C=O) groups is 1. The smallest absolute Gasteiger partial charge is 0.289 e. The Hall–Kier alpha value is -2.99. The molecule has 0 aliphatic carbocycles. The van der Waals surface area contributed by atoms with Crippen LogP contribution in [0, 0.1) is 0 Å². The number of aromatic hydroxyl groups is 2. The van der Waals surface area contributed by atoms with Gasteiger partial charge >= 0.3 is 0 Å². The molecule has 0 saturated carbocycles. The van der Waals surface area contributed by atoms with E-state index >= 15 is 0 Å². The Morgan fingerprint density at radius 3 is 2.77 bits per heavy atom. The number of fused-ring (bicyclic) bond motifs is 2. The maximum absolute atomic E-state index is 12.8. The molecular formula is C20H21N2O4+. The van der Waals surface area contributed by atoms with Crippen molar-refractivity contribution in [3.8, 4) is 11.5 Å². The van der Waals surface area contributed by atoms with Gasteiger partial charge in [0.2, 0.25) is 0 Å². The van der Waals surface area contributed by atoms with Crippen molar-refractivity contribution in [1.82, 2.24) is 4.90 Å². The van der Waals surface area contributed by atoms with Gasteiger partial charge in [-0.25, -0.2) is 0 Å². The van der Waals surface area contributed by atoms with Gasteiger partial charge < -0.3 is 25.3 Å². The molecule has 2 aromatic carbocycles. The molecule has 1 atom stereocenters. The van der Waals surface area contributed by atoms with Crippen LogP contribution >= 0.6 is 0 Å². The number of nitrogens with zero attached hydrogens (tertiary/aromatic N) is 1. The van der Waals surface area contributed by atoms with Crippen LogP contribution < -0.4 is 5.73 Å². The number of hydrogen-bond acceptors (Lipinski definition) is 4. The Labute approximate surface area is 150 Å². The van der Waals surface area contributed by atoms with Crippen molar-refractivity contribution in [2.75, 3.05) is 6.54 Å². The van der Waals surface area contributed by atoms with E-state index in [-0.39, 0.29) is 23.4 Å². The average Bonchev–Trinajstić information content (AvgIpc) is 3.04. The second-order valence-corrected chi connectivity index (χ2v) is 6.82. The second-order valence-electron chi connectivity index (χ2n) is 6.82. The van der Waals surface area contributed by atoms with E-state index in [0.717, 1.165) is 16.5 Å². The van der Waals surface area contributed by atoms with Gasteiger partial charge in [-0.1, -0.05) is 18.2 Å². The Kier molecular flexibility index (Phi) is 3.85. The molecule has 1 amide bonds. The fourth-order valence-corrected chi connectivity index (χ4v) is 3.62. The van der Waals surface area contributed by atoms with Gasteiger partial charge in [-0.3, -0.25) is 4.79 Å². The van der Waals surface area contributed by atoms with Crippen molar-refractivity contribution in [3.05, 3.63) is 58.8 Å². The molecule has 6 nitrogen and oxygen atoms in total. The van der Waals surface area contributed by atoms with Crippen molar-refractivity contribution in [3.63, 3.8) is 0 Å². The number of rotatable bonds is 2. The third kappa shape index (κ3) is 2.59. The number of carbonyl (C=O) groups excluding carboxylic acids is 1. The number of phenols is 2. The van der Waals surface area contributed by atoms with E-state index in [4.69, 9.17) is 4.42 Å². The summed E-state index contributed by atoms with van der Waals surface area (Å²) < 4.78 is 5.67. The van der Waals surface area contributed by atoms with Gasteiger partial charge in [-0.15, -0.1) is 0 Å². The van der Waals surface area contributed by atoms with Crippen molar-refractivity contribution in [2.45, 2.75) is 25.9 Å². The predicted molar refractivity (Wildman–Crippen MR) is 95.7 cm³/mol. The molecule has 6 heteroatoms. The molecule has 3 aromatic rings. The van der Waals surface area contributed by atoms with E-state index in [1.807, 2.05) is 31.2 Å². The first-order valence-electron chi connectivity index (χ1n) is 8.63. The van der Waals surface area contributed by atoms with Gasteiger partial charge in [-0.05, 0) is 37.1 Å². The van der Waals surface area contributed by atoms with Gasteiger partial charge in [0.05, 0.1) is 5.56 Å². The summed E-state index contributed by atoms with van der Waals surface area (Å²) in [5.74, 6) is 0.214. The number of para-hydroxylation sites is 1. The summed E-state index contributed by atoms with van der Waals surface area (Å²) in [5.41, 5.74) is 6.55. The van der Waals surface area contributed by atoms with Crippen molar-refractivity contribution >= 4 is 16.9 Å². The van der Waals surface area contributed by atoms with Crippen LogP contribution in [0.15, 0.2) is 40.8 Å². The number of hydrogen-bond donors (Lipinski definition) is 3. The van der Waals surface area contributed by atoms with Gasteiger partial charge in [0, 0.05) is 24.0 Å². The molecule has 4 rings (SSSR count). The molecule has 0 saturated heterocycles. The van der Waals surface area contributed by atoms with Crippen LogP contribution in [0.2, 0.25) is 0 Å². The highest BCUT2D eigenvalue weighted by atomic mass is 16.3. The Morgan fingerprint density at radius 1 is 1.27 bits per heavy atom. The maximum atomic E-state index is 12.8. The number of phenolic OH excluding ortho intramolecular Hbond substituents is 2. The molecule has 2 heterocycles. The standard InChI is InChI=1S/C20H20N2O4/c1-11(21)18-15(23)8-13-10-22(7-6-14(13)19(18)24)20(25)17-9-12-4-2-3-5-16(12)26-17/h2-5,8-9,11,23-24H,6-7,10,21H2,1H3/p+1. The van der Waals surface area contributed by atoms with Gasteiger partial charge in [-0.2, -0.15) is 0 Å². The van der Waals surface area contributed by atoms with E-state index in [2.05, 4.69) is 5.73 Å².